The average Bonchev–Trinajstić information content (AvgIpc) is 1.53. The predicted octanol–water partition coefficient (Wildman–Crippen LogP) is 28.6. The van der Waals surface area contributed by atoms with Crippen LogP contribution in [0.5, 0.6) is 0 Å². The second-order valence-electron chi connectivity index (χ2n) is 38.4. The summed E-state index contributed by atoms with van der Waals surface area (Å²) in [5.74, 6) is 3.34. The molecule has 0 unspecified atom stereocenters. The fourth-order valence-corrected chi connectivity index (χ4v) is 19.0. The Labute approximate surface area is 709 Å². The number of ketones is 4. The van der Waals surface area contributed by atoms with Crippen molar-refractivity contribution < 1.29 is 19.2 Å². The molecule has 0 radical (unpaired) electrons. The number of aryl methyl sites for hydroxylation is 2. The van der Waals surface area contributed by atoms with Gasteiger partial charge < -0.3 is 0 Å². The molecule has 4 heterocycles. The van der Waals surface area contributed by atoms with Crippen molar-refractivity contribution in [1.29, 1.82) is 0 Å². The van der Waals surface area contributed by atoms with E-state index in [0.717, 1.165) is 150 Å². The van der Waals surface area contributed by atoms with Gasteiger partial charge in [-0.1, -0.05) is 262 Å². The normalized spacial score (nSPS) is 15.2. The van der Waals surface area contributed by atoms with E-state index in [9.17, 15) is 0 Å². The fraction of sp³-hybridized carbons (Fsp3) is 0.333. The molecule has 16 rings (SSSR count). The van der Waals surface area contributed by atoms with E-state index >= 15 is 19.2 Å². The summed E-state index contributed by atoms with van der Waals surface area (Å²) in [6.45, 7) is 57.9. The van der Waals surface area contributed by atoms with Crippen LogP contribution in [-0.2, 0) is 10.8 Å². The van der Waals surface area contributed by atoms with E-state index in [1.54, 1.807) is 12.2 Å². The van der Waals surface area contributed by atoms with E-state index in [1.807, 2.05) is 60.7 Å². The molecule has 12 nitrogen and oxygen atoms in total. The third-order valence-corrected chi connectivity index (χ3v) is 25.7. The molecule has 610 valence electrons. The van der Waals surface area contributed by atoms with Crippen molar-refractivity contribution in [2.24, 2.45) is 0 Å². The van der Waals surface area contributed by atoms with Gasteiger partial charge in [-0.2, -0.15) is 0 Å². The summed E-state index contributed by atoms with van der Waals surface area (Å²) in [5, 5.41) is 3.42. The lowest BCUT2D eigenvalue weighted by Crippen LogP contribution is -2.26. The van der Waals surface area contributed by atoms with E-state index in [1.165, 1.54) is 11.1 Å². The second-order valence-corrected chi connectivity index (χ2v) is 38.4. The Hall–Kier alpha value is -11.8. The number of rotatable bonds is 15. The lowest BCUT2D eigenvalue weighted by atomic mass is 9.76. The molecule has 120 heavy (non-hydrogen) atoms. The van der Waals surface area contributed by atoms with Crippen molar-refractivity contribution in [2.75, 3.05) is 19.6 Å². The maximum absolute atomic E-state index is 15.9. The minimum Gasteiger partial charge on any atom is -0.288 e. The van der Waals surface area contributed by atoms with Gasteiger partial charge in [0.1, 0.15) is 11.6 Å². The van der Waals surface area contributed by atoms with Gasteiger partial charge in [-0.25, -0.2) is 19.9 Å². The molecule has 0 fully saturated rings. The van der Waals surface area contributed by atoms with Gasteiger partial charge in [0, 0.05) is 22.3 Å². The van der Waals surface area contributed by atoms with Crippen molar-refractivity contribution in [3.8, 4) is 11.1 Å². The number of nitrogens with zero attached hydrogens (tertiary/aromatic N) is 8. The topological polar surface area (TPSA) is 133 Å². The number of anilines is 8. The summed E-state index contributed by atoms with van der Waals surface area (Å²) < 4.78 is 0. The zero-order valence-electron chi connectivity index (χ0n) is 75.0. The molecule has 0 amide bonds. The Morgan fingerprint density at radius 2 is 0.567 bits per heavy atom. The molecule has 12 aromatic rings. The van der Waals surface area contributed by atoms with E-state index in [2.05, 4.69) is 297 Å². The average molecular weight is 1590 g/mol. The highest BCUT2D eigenvalue weighted by atomic mass is 16.2. The first-order valence-corrected chi connectivity index (χ1v) is 43.3. The minimum atomic E-state index is -0.568. The summed E-state index contributed by atoms with van der Waals surface area (Å²) in [5.41, 5.74) is 25.1. The summed E-state index contributed by atoms with van der Waals surface area (Å²) in [6.07, 6.45) is 7.50. The molecule has 0 bridgehead atoms. The van der Waals surface area contributed by atoms with Gasteiger partial charge in [0.15, 0.2) is 46.4 Å². The third kappa shape index (κ3) is 13.2. The maximum Gasteiger partial charge on any atom is 0.197 e. The molecule has 0 spiro atoms. The highest BCUT2D eigenvalue weighted by molar-refractivity contribution is 6.41. The Bertz CT molecular complexity index is 6270. The highest BCUT2D eigenvalue weighted by Crippen LogP contribution is 2.59. The Balaban J connectivity index is 0.911. The van der Waals surface area contributed by atoms with E-state index in [0.29, 0.717) is 51.3 Å². The second kappa shape index (κ2) is 30.2. The number of hydrogen-bond acceptors (Lipinski definition) is 12. The zero-order chi connectivity index (χ0) is 86.0. The third-order valence-electron chi connectivity index (χ3n) is 25.7. The number of Topliss-reactive ketones (excluding diaryl/α,β-unsaturated/α-hetero) is 4. The lowest BCUT2D eigenvalue weighted by Gasteiger charge is -2.32. The number of fused-ring (bicyclic) bond motifs is 8. The SMILES string of the molecule is Cc1c(C)c(C)c2nc3c(nc2c1C)N(c1c(C(C)C)cccc1C(C)C)C(=C/C=C1/C(=O)c2cc4ccc(-c5cc(C(C)(C)C)c6nc7c(nc6c5C(C)(C)C)N(c5c(C(C)C)cccc5C(C)C)/C(=C\C=C5C(=O)c6cc8ccccc8cc6C5=O)N7c5c(C(C)C)cccc5C(C)C)cc4cc2C1=O)N3c1c(C(C)C)cccc1C(C)C. The number of carbonyl (C=O) groups excluding carboxylic acids is 4. The predicted molar refractivity (Wildman–Crippen MR) is 499 cm³/mol. The van der Waals surface area contributed by atoms with Crippen molar-refractivity contribution >= 4 is 113 Å². The number of allylic oxidation sites excluding steroid dienone is 6. The van der Waals surface area contributed by atoms with E-state index in [-0.39, 0.29) is 81.6 Å². The highest BCUT2D eigenvalue weighted by Gasteiger charge is 2.46. The van der Waals surface area contributed by atoms with Crippen LogP contribution in [0.1, 0.15) is 319 Å². The zero-order valence-corrected chi connectivity index (χ0v) is 75.0. The number of para-hydroxylation sites is 4. The fourth-order valence-electron chi connectivity index (χ4n) is 19.0. The first-order valence-electron chi connectivity index (χ1n) is 43.3. The molecule has 0 saturated carbocycles. The Morgan fingerprint density at radius 3 is 0.858 bits per heavy atom. The van der Waals surface area contributed by atoms with Gasteiger partial charge >= 0.3 is 0 Å². The first kappa shape index (κ1) is 82.0. The summed E-state index contributed by atoms with van der Waals surface area (Å²) in [6, 6.07) is 50.6. The van der Waals surface area contributed by atoms with Crippen molar-refractivity contribution in [2.45, 2.75) is 238 Å². The summed E-state index contributed by atoms with van der Waals surface area (Å²) in [4.78, 5) is 94.7. The Morgan fingerprint density at radius 1 is 0.283 bits per heavy atom. The largest absolute Gasteiger partial charge is 0.288 e. The molecule has 4 aliphatic rings. The van der Waals surface area contributed by atoms with Crippen LogP contribution >= 0.6 is 0 Å². The van der Waals surface area contributed by atoms with Crippen molar-refractivity contribution in [1.82, 2.24) is 19.9 Å². The lowest BCUT2D eigenvalue weighted by molar-refractivity contribution is 0.0973. The molecule has 10 aromatic carbocycles. The van der Waals surface area contributed by atoms with Crippen LogP contribution in [-0.4, -0.2) is 43.1 Å². The smallest absolute Gasteiger partial charge is 0.197 e. The Kier molecular flexibility index (Phi) is 20.6. The standard InChI is InChI=1S/C108H114N8O4/c1-55(2)72-35-29-36-73(56(3)4)95(72)113-88(114(96-74(57(5)6)37-30-38-75(96)58(7)8)104-103(113)109-91-65(19)63(17)64(18)66(20)92(91)110-104)47-46-81-101(119)85-52-69-43-44-70(49-71(69)53-86(85)102(81)120)82-54-87(107(21,22)23)93-94(90(82)108(24,25)26)112-106-105(111-93)115(97-76(59(9)10)39-31-40-77(97)60(11)12)89(116(106)98-78(61(13)14)41-32-42-79(98)62(15)16)48-45-80-99(117)83-50-67-33-27-28-34-68(67)51-84(83)100(80)118/h27-62H,1-26H3/b81-46-,89-48-. The van der Waals surface area contributed by atoms with Gasteiger partial charge in [0.2, 0.25) is 0 Å². The van der Waals surface area contributed by atoms with Crippen LogP contribution in [0.25, 0.3) is 54.7 Å². The summed E-state index contributed by atoms with van der Waals surface area (Å²) in [7, 11) is 0. The van der Waals surface area contributed by atoms with Gasteiger partial charge in [0.25, 0.3) is 0 Å². The van der Waals surface area contributed by atoms with Gasteiger partial charge in [-0.05, 0) is 257 Å². The molecule has 0 N–H and O–H groups in total. The molecule has 2 aliphatic carbocycles. The number of aromatic nitrogens is 4. The molecule has 0 atom stereocenters. The van der Waals surface area contributed by atoms with Gasteiger partial charge in [-0.15, -0.1) is 0 Å². The number of hydrogen-bond donors (Lipinski definition) is 0. The van der Waals surface area contributed by atoms with Crippen LogP contribution in [0.3, 0.4) is 0 Å². The van der Waals surface area contributed by atoms with E-state index < -0.39 is 10.8 Å². The number of benzene rings is 10. The molecule has 12 heteroatoms. The first-order chi connectivity index (χ1) is 56.8. The summed E-state index contributed by atoms with van der Waals surface area (Å²) >= 11 is 0. The maximum atomic E-state index is 15.9. The molecule has 0 saturated heterocycles. The van der Waals surface area contributed by atoms with Crippen LogP contribution in [0.15, 0.2) is 193 Å². The molecular weight excluding hydrogens is 1470 g/mol. The van der Waals surface area contributed by atoms with Crippen LogP contribution < -0.4 is 19.6 Å². The number of carbonyl (C=O) groups is 4. The minimum absolute atomic E-state index is 0.0481. The molecular formula is C108H114N8O4. The molecule has 2 aliphatic heterocycles. The van der Waals surface area contributed by atoms with Crippen LogP contribution in [0.2, 0.25) is 0 Å². The van der Waals surface area contributed by atoms with E-state index in [4.69, 9.17) is 19.9 Å². The van der Waals surface area contributed by atoms with Gasteiger partial charge in [-0.3, -0.25) is 38.8 Å². The quantitative estimate of drug-likeness (QED) is 0.0715. The van der Waals surface area contributed by atoms with Crippen LogP contribution in [0.4, 0.5) is 46.0 Å². The monoisotopic (exact) mass is 1590 g/mol. The van der Waals surface area contributed by atoms with Crippen LogP contribution in [0, 0.1) is 27.7 Å². The van der Waals surface area contributed by atoms with Gasteiger partial charge in [0.05, 0.1) is 56.0 Å². The molecule has 2 aromatic heterocycles. The van der Waals surface area contributed by atoms with Crippen molar-refractivity contribution in [3.05, 3.63) is 293 Å². The van der Waals surface area contributed by atoms with Crippen molar-refractivity contribution in [3.63, 3.8) is 0 Å².